The molecule has 3 aliphatic rings. The number of hydrogen-bond donors (Lipinski definition) is 1. The minimum absolute atomic E-state index is 0.113. The van der Waals surface area contributed by atoms with Gasteiger partial charge >= 0.3 is 0 Å². The van der Waals surface area contributed by atoms with Gasteiger partial charge in [-0.05, 0) is 71.3 Å². The third-order valence-corrected chi connectivity index (χ3v) is 9.67. The van der Waals surface area contributed by atoms with Gasteiger partial charge in [-0.25, -0.2) is 0 Å². The average Bonchev–Trinajstić information content (AvgIpc) is 3.80. The first-order chi connectivity index (χ1) is 21.2. The lowest BCUT2D eigenvalue weighted by molar-refractivity contribution is -0.123. The van der Waals surface area contributed by atoms with Crippen LogP contribution in [0, 0.1) is 5.92 Å². The minimum atomic E-state index is -0.686. The highest BCUT2D eigenvalue weighted by molar-refractivity contribution is 5.94. The maximum atomic E-state index is 13.8. The number of hydrogen-bond acceptors (Lipinski definition) is 4. The number of carbonyl (C=O) groups excluding carboxylic acids is 1. The molecule has 1 N–H and O–H groups in total. The molecule has 0 radical (unpaired) electrons. The number of nitrogens with one attached hydrogen (secondary N) is 1. The van der Waals surface area contributed by atoms with Gasteiger partial charge in [0.15, 0.2) is 0 Å². The second kappa shape index (κ2) is 12.3. The second-order valence-corrected chi connectivity index (χ2v) is 12.2. The van der Waals surface area contributed by atoms with Crippen LogP contribution in [0.15, 0.2) is 97.1 Å². The van der Waals surface area contributed by atoms with E-state index in [0.29, 0.717) is 6.54 Å². The summed E-state index contributed by atoms with van der Waals surface area (Å²) in [4.78, 5) is 16.4. The van der Waals surface area contributed by atoms with E-state index in [1.165, 1.54) is 22.3 Å². The van der Waals surface area contributed by atoms with Crippen LogP contribution in [0.2, 0.25) is 0 Å². The molecule has 4 aromatic carbocycles. The van der Waals surface area contributed by atoms with Gasteiger partial charge in [-0.15, -0.1) is 0 Å². The summed E-state index contributed by atoms with van der Waals surface area (Å²) in [7, 11) is 0. The Bertz CT molecular complexity index is 1470. The van der Waals surface area contributed by atoms with Crippen molar-refractivity contribution in [2.45, 2.75) is 37.5 Å². The van der Waals surface area contributed by atoms with Crippen molar-refractivity contribution < 1.29 is 14.3 Å². The van der Waals surface area contributed by atoms with Crippen LogP contribution in [-0.2, 0) is 35.9 Å². The van der Waals surface area contributed by atoms with E-state index in [2.05, 4.69) is 95.1 Å². The second-order valence-electron chi connectivity index (χ2n) is 12.2. The van der Waals surface area contributed by atoms with Crippen molar-refractivity contribution in [3.05, 3.63) is 130 Å². The van der Waals surface area contributed by atoms with Gasteiger partial charge < -0.3 is 19.7 Å². The van der Waals surface area contributed by atoms with Gasteiger partial charge in [0.1, 0.15) is 16.9 Å². The van der Waals surface area contributed by atoms with Gasteiger partial charge in [0.2, 0.25) is 5.91 Å². The van der Waals surface area contributed by atoms with Crippen LogP contribution < -0.4 is 14.8 Å². The monoisotopic (exact) mass is 572 g/mol. The van der Waals surface area contributed by atoms with Gasteiger partial charge in [0, 0.05) is 38.4 Å². The fourth-order valence-corrected chi connectivity index (χ4v) is 7.35. The van der Waals surface area contributed by atoms with Gasteiger partial charge in [-0.1, -0.05) is 84.9 Å². The van der Waals surface area contributed by atoms with Crippen LogP contribution in [0.25, 0.3) is 0 Å². The Hall–Kier alpha value is -4.09. The molecule has 3 aliphatic heterocycles. The normalized spacial score (nSPS) is 18.2. The molecule has 43 heavy (non-hydrogen) atoms. The topological polar surface area (TPSA) is 50.8 Å². The fraction of sp³-hybridized carbons (Fsp3) is 0.342. The van der Waals surface area contributed by atoms with Gasteiger partial charge in [0.25, 0.3) is 0 Å². The molecule has 1 amide bonds. The molecule has 1 atom stereocenters. The van der Waals surface area contributed by atoms with Crippen molar-refractivity contribution in [1.29, 1.82) is 0 Å². The highest BCUT2D eigenvalue weighted by Gasteiger charge is 2.52. The lowest BCUT2D eigenvalue weighted by Gasteiger charge is -2.35. The van der Waals surface area contributed by atoms with E-state index < -0.39 is 5.41 Å². The molecule has 0 saturated carbocycles. The molecular weight excluding hydrogens is 532 g/mol. The summed E-state index contributed by atoms with van der Waals surface area (Å²) in [6.45, 7) is 5.15. The number of rotatable bonds is 11. The molecule has 0 aromatic heterocycles. The number of ether oxygens (including phenoxy) is 2. The van der Waals surface area contributed by atoms with Crippen LogP contribution >= 0.6 is 0 Å². The van der Waals surface area contributed by atoms with E-state index in [4.69, 9.17) is 9.47 Å². The van der Waals surface area contributed by atoms with Gasteiger partial charge in [0.05, 0.1) is 13.2 Å². The SMILES string of the molecule is O=C1NCC(CCN(CCc2ccc3c(c2)CCO3)CCc2ccc3c(c2)CCO3)C1(c1ccccc1)c1ccccc1. The summed E-state index contributed by atoms with van der Waals surface area (Å²) >= 11 is 0. The van der Waals surface area contributed by atoms with Crippen LogP contribution in [-0.4, -0.2) is 50.2 Å². The minimum Gasteiger partial charge on any atom is -0.493 e. The Balaban J connectivity index is 1.12. The Morgan fingerprint density at radius 1 is 0.698 bits per heavy atom. The maximum absolute atomic E-state index is 13.8. The van der Waals surface area contributed by atoms with E-state index in [-0.39, 0.29) is 11.8 Å². The Morgan fingerprint density at radius 2 is 1.23 bits per heavy atom. The van der Waals surface area contributed by atoms with Crippen LogP contribution in [0.4, 0.5) is 0 Å². The smallest absolute Gasteiger partial charge is 0.235 e. The highest BCUT2D eigenvalue weighted by Crippen LogP contribution is 2.44. The lowest BCUT2D eigenvalue weighted by atomic mass is 9.66. The molecule has 1 saturated heterocycles. The fourth-order valence-electron chi connectivity index (χ4n) is 7.35. The molecule has 0 spiro atoms. The third-order valence-electron chi connectivity index (χ3n) is 9.67. The van der Waals surface area contributed by atoms with Crippen molar-refractivity contribution in [2.24, 2.45) is 5.92 Å². The molecule has 4 aromatic rings. The zero-order chi connectivity index (χ0) is 29.1. The number of amides is 1. The predicted molar refractivity (Wildman–Crippen MR) is 170 cm³/mol. The Morgan fingerprint density at radius 3 is 1.77 bits per heavy atom. The highest BCUT2D eigenvalue weighted by atomic mass is 16.5. The predicted octanol–water partition coefficient (Wildman–Crippen LogP) is 5.77. The standard InChI is InChI=1S/C38H40N2O3/c41-37-38(32-7-3-1-4-8-32,33-9-5-2-6-10-33)34(27-39-37)17-22-40(20-15-28-11-13-35-30(25-28)18-23-42-35)21-16-29-12-14-36-31(26-29)19-24-43-36/h1-14,25-26,34H,15-24,27H2,(H,39,41). The molecule has 7 rings (SSSR count). The van der Waals surface area contributed by atoms with Crippen molar-refractivity contribution in [2.75, 3.05) is 39.4 Å². The molecule has 3 heterocycles. The number of carbonyl (C=O) groups is 1. The summed E-state index contributed by atoms with van der Waals surface area (Å²) in [5, 5.41) is 3.26. The number of benzene rings is 4. The largest absolute Gasteiger partial charge is 0.493 e. The summed E-state index contributed by atoms with van der Waals surface area (Å²) in [6, 6.07) is 34.1. The zero-order valence-corrected chi connectivity index (χ0v) is 24.8. The molecule has 5 heteroatoms. The van der Waals surface area contributed by atoms with E-state index in [1.54, 1.807) is 0 Å². The van der Waals surface area contributed by atoms with Gasteiger partial charge in [-0.3, -0.25) is 4.79 Å². The molecule has 5 nitrogen and oxygen atoms in total. The molecule has 0 bridgehead atoms. The average molecular weight is 573 g/mol. The van der Waals surface area contributed by atoms with Crippen molar-refractivity contribution in [3.8, 4) is 11.5 Å². The molecular formula is C38H40N2O3. The van der Waals surface area contributed by atoms with Crippen molar-refractivity contribution >= 4 is 5.91 Å². The lowest BCUT2D eigenvalue weighted by Crippen LogP contribution is -2.42. The molecule has 1 fully saturated rings. The maximum Gasteiger partial charge on any atom is 0.235 e. The molecule has 1 unspecified atom stereocenters. The van der Waals surface area contributed by atoms with E-state index >= 15 is 0 Å². The Kier molecular flexibility index (Phi) is 7.90. The molecule has 0 aliphatic carbocycles. The summed E-state index contributed by atoms with van der Waals surface area (Å²) in [5.74, 6) is 2.35. The van der Waals surface area contributed by atoms with Crippen LogP contribution in [0.5, 0.6) is 11.5 Å². The van der Waals surface area contributed by atoms with Crippen LogP contribution in [0.3, 0.4) is 0 Å². The number of fused-ring (bicyclic) bond motifs is 2. The zero-order valence-electron chi connectivity index (χ0n) is 24.8. The van der Waals surface area contributed by atoms with Crippen LogP contribution in [0.1, 0.15) is 39.8 Å². The van der Waals surface area contributed by atoms with Crippen molar-refractivity contribution in [1.82, 2.24) is 10.2 Å². The number of nitrogens with zero attached hydrogens (tertiary/aromatic N) is 1. The van der Waals surface area contributed by atoms with Crippen molar-refractivity contribution in [3.63, 3.8) is 0 Å². The summed E-state index contributed by atoms with van der Waals surface area (Å²) in [5.41, 5.74) is 6.86. The summed E-state index contributed by atoms with van der Waals surface area (Å²) < 4.78 is 11.5. The third kappa shape index (κ3) is 5.54. The quantitative estimate of drug-likeness (QED) is 0.248. The summed E-state index contributed by atoms with van der Waals surface area (Å²) in [6.07, 6.45) is 4.92. The van der Waals surface area contributed by atoms with Gasteiger partial charge in [-0.2, -0.15) is 0 Å². The Labute approximate surface area is 254 Å². The molecule has 220 valence electrons. The van der Waals surface area contributed by atoms with E-state index in [1.807, 2.05) is 12.1 Å². The first-order valence-electron chi connectivity index (χ1n) is 15.8. The van der Waals surface area contributed by atoms with E-state index in [9.17, 15) is 4.79 Å². The first-order valence-corrected chi connectivity index (χ1v) is 15.8. The van der Waals surface area contributed by atoms with E-state index in [0.717, 1.165) is 87.6 Å². The first kappa shape index (κ1) is 27.7.